The molecule has 0 radical (unpaired) electrons. The van der Waals surface area contributed by atoms with Crippen molar-refractivity contribution in [1.82, 2.24) is 4.72 Å². The van der Waals surface area contributed by atoms with Crippen molar-refractivity contribution < 1.29 is 13.5 Å². The Hall–Kier alpha value is -0.910. The zero-order chi connectivity index (χ0) is 15.5. The van der Waals surface area contributed by atoms with Gasteiger partial charge in [-0.05, 0) is 42.4 Å². The highest BCUT2D eigenvalue weighted by Crippen LogP contribution is 2.29. The van der Waals surface area contributed by atoms with Crippen LogP contribution in [0.4, 0.5) is 0 Å². The Balaban J connectivity index is 2.11. The summed E-state index contributed by atoms with van der Waals surface area (Å²) in [5.41, 5.74) is 1.32. The van der Waals surface area contributed by atoms with Gasteiger partial charge in [-0.25, -0.2) is 13.1 Å². The lowest BCUT2D eigenvalue weighted by Gasteiger charge is -2.28. The van der Waals surface area contributed by atoms with E-state index in [1.165, 1.54) is 19.3 Å². The predicted octanol–water partition coefficient (Wildman–Crippen LogP) is 2.59. The largest absolute Gasteiger partial charge is 0.392 e. The third kappa shape index (κ3) is 4.05. The molecular weight excluding hydrogens is 286 g/mol. The number of aliphatic hydroxyl groups excluding tert-OH is 1. The highest BCUT2D eigenvalue weighted by molar-refractivity contribution is 7.89. The average molecular weight is 311 g/mol. The standard InChI is InChI=1S/C16H25NO3S/c1-12-5-3-4-6-15(12)10-17-21(19,20)16-9-14(11-18)8-7-13(16)2/h7-9,12,15,17-18H,3-6,10-11H2,1-2H3. The molecule has 0 aromatic heterocycles. The van der Waals surface area contributed by atoms with Crippen molar-refractivity contribution in [2.75, 3.05) is 6.54 Å². The van der Waals surface area contributed by atoms with E-state index in [0.717, 1.165) is 6.42 Å². The van der Waals surface area contributed by atoms with Gasteiger partial charge in [-0.2, -0.15) is 0 Å². The molecule has 2 rings (SSSR count). The van der Waals surface area contributed by atoms with E-state index in [-0.39, 0.29) is 11.5 Å². The van der Waals surface area contributed by atoms with Crippen LogP contribution in [-0.2, 0) is 16.6 Å². The van der Waals surface area contributed by atoms with Gasteiger partial charge in [-0.1, -0.05) is 38.3 Å². The van der Waals surface area contributed by atoms with Crippen molar-refractivity contribution in [2.24, 2.45) is 11.8 Å². The number of aryl methyl sites for hydroxylation is 1. The summed E-state index contributed by atoms with van der Waals surface area (Å²) in [6, 6.07) is 5.04. The molecule has 0 heterocycles. The monoisotopic (exact) mass is 311 g/mol. The Labute approximate surface area is 127 Å². The van der Waals surface area contributed by atoms with Gasteiger partial charge in [0.15, 0.2) is 0 Å². The molecule has 2 unspecified atom stereocenters. The number of nitrogens with one attached hydrogen (secondary N) is 1. The molecule has 0 saturated heterocycles. The van der Waals surface area contributed by atoms with Gasteiger partial charge >= 0.3 is 0 Å². The molecule has 0 aliphatic heterocycles. The summed E-state index contributed by atoms with van der Waals surface area (Å²) in [6.07, 6.45) is 4.72. The fraction of sp³-hybridized carbons (Fsp3) is 0.625. The summed E-state index contributed by atoms with van der Waals surface area (Å²) >= 11 is 0. The zero-order valence-electron chi connectivity index (χ0n) is 12.8. The van der Waals surface area contributed by atoms with Gasteiger partial charge in [0.05, 0.1) is 11.5 Å². The van der Waals surface area contributed by atoms with Crippen molar-refractivity contribution in [1.29, 1.82) is 0 Å². The third-order valence-corrected chi connectivity index (χ3v) is 6.11. The normalized spacial score (nSPS) is 23.2. The molecular formula is C16H25NO3S. The van der Waals surface area contributed by atoms with Crippen molar-refractivity contribution in [3.63, 3.8) is 0 Å². The van der Waals surface area contributed by atoms with Gasteiger partial charge in [0, 0.05) is 6.54 Å². The van der Waals surface area contributed by atoms with Gasteiger partial charge in [-0.15, -0.1) is 0 Å². The van der Waals surface area contributed by atoms with Crippen LogP contribution in [0.3, 0.4) is 0 Å². The van der Waals surface area contributed by atoms with E-state index in [1.807, 2.05) is 0 Å². The van der Waals surface area contributed by atoms with Gasteiger partial charge < -0.3 is 5.11 Å². The summed E-state index contributed by atoms with van der Waals surface area (Å²) < 4.78 is 27.7. The van der Waals surface area contributed by atoms with Gasteiger partial charge in [0.1, 0.15) is 0 Å². The SMILES string of the molecule is Cc1ccc(CO)cc1S(=O)(=O)NCC1CCCCC1C. The van der Waals surface area contributed by atoms with Crippen LogP contribution >= 0.6 is 0 Å². The molecule has 21 heavy (non-hydrogen) atoms. The van der Waals surface area contributed by atoms with E-state index in [4.69, 9.17) is 0 Å². The van der Waals surface area contributed by atoms with Crippen LogP contribution in [0.15, 0.2) is 23.1 Å². The Morgan fingerprint density at radius 3 is 2.67 bits per heavy atom. The number of hydrogen-bond acceptors (Lipinski definition) is 3. The minimum atomic E-state index is -3.51. The first-order valence-electron chi connectivity index (χ1n) is 7.64. The summed E-state index contributed by atoms with van der Waals surface area (Å²) in [7, 11) is -3.51. The molecule has 1 aromatic rings. The van der Waals surface area contributed by atoms with E-state index in [2.05, 4.69) is 11.6 Å². The third-order valence-electron chi connectivity index (χ3n) is 4.55. The molecule has 1 aromatic carbocycles. The number of rotatable bonds is 5. The molecule has 1 aliphatic carbocycles. The highest BCUT2D eigenvalue weighted by Gasteiger charge is 2.24. The Kier molecular flexibility index (Phi) is 5.41. The van der Waals surface area contributed by atoms with Crippen LogP contribution in [-0.4, -0.2) is 20.1 Å². The van der Waals surface area contributed by atoms with Crippen LogP contribution < -0.4 is 4.72 Å². The maximum absolute atomic E-state index is 12.5. The topological polar surface area (TPSA) is 66.4 Å². The maximum atomic E-state index is 12.5. The van der Waals surface area contributed by atoms with Crippen molar-refractivity contribution in [3.8, 4) is 0 Å². The van der Waals surface area contributed by atoms with Crippen molar-refractivity contribution in [2.45, 2.75) is 51.0 Å². The summed E-state index contributed by atoms with van der Waals surface area (Å²) in [5.74, 6) is 1.00. The molecule has 0 amide bonds. The lowest BCUT2D eigenvalue weighted by atomic mass is 9.81. The van der Waals surface area contributed by atoms with Crippen LogP contribution in [0.1, 0.15) is 43.7 Å². The molecule has 1 fully saturated rings. The molecule has 0 bridgehead atoms. The van der Waals surface area contributed by atoms with E-state index < -0.39 is 10.0 Å². The first kappa shape index (κ1) is 16.5. The number of sulfonamides is 1. The van der Waals surface area contributed by atoms with Gasteiger partial charge in [-0.3, -0.25) is 0 Å². The molecule has 4 nitrogen and oxygen atoms in total. The molecule has 0 spiro atoms. The lowest BCUT2D eigenvalue weighted by molar-refractivity contribution is 0.257. The molecule has 5 heteroatoms. The second-order valence-corrected chi connectivity index (χ2v) is 7.87. The summed E-state index contributed by atoms with van der Waals surface area (Å²) in [6.45, 7) is 4.34. The molecule has 1 aliphatic rings. The molecule has 1 saturated carbocycles. The Morgan fingerprint density at radius 1 is 1.29 bits per heavy atom. The number of hydrogen-bond donors (Lipinski definition) is 2. The smallest absolute Gasteiger partial charge is 0.240 e. The van der Waals surface area contributed by atoms with E-state index in [0.29, 0.717) is 29.5 Å². The first-order valence-corrected chi connectivity index (χ1v) is 9.12. The predicted molar refractivity (Wildman–Crippen MR) is 83.4 cm³/mol. The number of aliphatic hydroxyl groups is 1. The number of benzene rings is 1. The van der Waals surface area contributed by atoms with Crippen LogP contribution in [0.2, 0.25) is 0 Å². The van der Waals surface area contributed by atoms with E-state index >= 15 is 0 Å². The molecule has 118 valence electrons. The van der Waals surface area contributed by atoms with E-state index in [1.54, 1.807) is 25.1 Å². The first-order chi connectivity index (χ1) is 9.94. The highest BCUT2D eigenvalue weighted by atomic mass is 32.2. The van der Waals surface area contributed by atoms with Crippen LogP contribution in [0.5, 0.6) is 0 Å². The fourth-order valence-electron chi connectivity index (χ4n) is 3.02. The second-order valence-electron chi connectivity index (χ2n) is 6.13. The van der Waals surface area contributed by atoms with Crippen LogP contribution in [0, 0.1) is 18.8 Å². The quantitative estimate of drug-likeness (QED) is 0.878. The van der Waals surface area contributed by atoms with Crippen molar-refractivity contribution in [3.05, 3.63) is 29.3 Å². The fourth-order valence-corrected chi connectivity index (χ4v) is 4.41. The Morgan fingerprint density at radius 2 is 2.00 bits per heavy atom. The summed E-state index contributed by atoms with van der Waals surface area (Å²) in [5, 5.41) is 9.17. The van der Waals surface area contributed by atoms with Crippen molar-refractivity contribution >= 4 is 10.0 Å². The maximum Gasteiger partial charge on any atom is 0.240 e. The minimum absolute atomic E-state index is 0.150. The minimum Gasteiger partial charge on any atom is -0.392 e. The van der Waals surface area contributed by atoms with E-state index in [9.17, 15) is 13.5 Å². The van der Waals surface area contributed by atoms with Gasteiger partial charge in [0.2, 0.25) is 10.0 Å². The molecule has 2 atom stereocenters. The lowest BCUT2D eigenvalue weighted by Crippen LogP contribution is -2.33. The van der Waals surface area contributed by atoms with Crippen LogP contribution in [0.25, 0.3) is 0 Å². The average Bonchev–Trinajstić information content (AvgIpc) is 2.47. The molecule has 2 N–H and O–H groups in total. The zero-order valence-corrected chi connectivity index (χ0v) is 13.6. The summed E-state index contributed by atoms with van der Waals surface area (Å²) in [4.78, 5) is 0.275. The van der Waals surface area contributed by atoms with Gasteiger partial charge in [0.25, 0.3) is 0 Å². The second kappa shape index (κ2) is 6.90. The Bertz CT molecular complexity index is 583.